The molecule has 12 heavy (non-hydrogen) atoms. The van der Waals surface area contributed by atoms with Crippen LogP contribution in [0.3, 0.4) is 0 Å². The van der Waals surface area contributed by atoms with Gasteiger partial charge in [0.15, 0.2) is 0 Å². The van der Waals surface area contributed by atoms with Gasteiger partial charge < -0.3 is 0 Å². The summed E-state index contributed by atoms with van der Waals surface area (Å²) in [5, 5.41) is 0. The molecule has 1 fully saturated rings. The van der Waals surface area contributed by atoms with Crippen LogP contribution in [0, 0.1) is 11.3 Å². The van der Waals surface area contributed by atoms with Gasteiger partial charge in [-0.05, 0) is 43.9 Å². The molecule has 1 rings (SSSR count). The Bertz CT molecular complexity index is 157. The molecule has 0 radical (unpaired) electrons. The highest BCUT2D eigenvalue weighted by Gasteiger charge is 2.32. The maximum atomic E-state index is 2.46. The highest BCUT2D eigenvalue weighted by Crippen LogP contribution is 2.45. The predicted molar refractivity (Wildman–Crippen MR) is 55.2 cm³/mol. The van der Waals surface area contributed by atoms with Crippen molar-refractivity contribution in [1.29, 1.82) is 0 Å². The molecule has 0 saturated heterocycles. The second-order valence-electron chi connectivity index (χ2n) is 4.59. The highest BCUT2D eigenvalue weighted by molar-refractivity contribution is 4.95. The van der Waals surface area contributed by atoms with E-state index in [4.69, 9.17) is 0 Å². The summed E-state index contributed by atoms with van der Waals surface area (Å²) >= 11 is 0. The van der Waals surface area contributed by atoms with Crippen molar-refractivity contribution in [2.24, 2.45) is 11.3 Å². The fraction of sp³-hybridized carbons (Fsp3) is 0.833. The molecule has 0 spiro atoms. The fourth-order valence-electron chi connectivity index (χ4n) is 2.64. The average molecular weight is 166 g/mol. The van der Waals surface area contributed by atoms with Gasteiger partial charge >= 0.3 is 0 Å². The van der Waals surface area contributed by atoms with Gasteiger partial charge in [-0.2, -0.15) is 0 Å². The molecule has 0 aromatic carbocycles. The standard InChI is InChI=1S/C12H22/c1-4-6-11-7-9-12(3,10-11)8-5-2/h4,6,11H,5,7-10H2,1-3H3. The lowest BCUT2D eigenvalue weighted by molar-refractivity contribution is 0.298. The SMILES string of the molecule is CC=CC1CCC(C)(CCC)C1. The van der Waals surface area contributed by atoms with Crippen molar-refractivity contribution in [2.45, 2.75) is 52.9 Å². The summed E-state index contributed by atoms with van der Waals surface area (Å²) in [6.07, 6.45) is 11.6. The van der Waals surface area contributed by atoms with Crippen molar-refractivity contribution >= 4 is 0 Å². The Morgan fingerprint density at radius 2 is 2.25 bits per heavy atom. The summed E-state index contributed by atoms with van der Waals surface area (Å²) in [6.45, 7) is 6.89. The zero-order chi connectivity index (χ0) is 9.03. The van der Waals surface area contributed by atoms with Crippen LogP contribution in [0.1, 0.15) is 52.9 Å². The maximum absolute atomic E-state index is 2.46. The molecule has 0 bridgehead atoms. The Labute approximate surface area is 77.1 Å². The van der Waals surface area contributed by atoms with Crippen LogP contribution in [-0.2, 0) is 0 Å². The van der Waals surface area contributed by atoms with Crippen LogP contribution in [0.25, 0.3) is 0 Å². The minimum atomic E-state index is 0.666. The van der Waals surface area contributed by atoms with E-state index in [9.17, 15) is 0 Å². The van der Waals surface area contributed by atoms with E-state index in [1.54, 1.807) is 0 Å². The number of hydrogen-bond donors (Lipinski definition) is 0. The molecule has 0 aromatic rings. The third kappa shape index (κ3) is 2.36. The predicted octanol–water partition coefficient (Wildman–Crippen LogP) is 4.17. The van der Waals surface area contributed by atoms with E-state index in [1.165, 1.54) is 32.1 Å². The molecular formula is C12H22. The van der Waals surface area contributed by atoms with Crippen LogP contribution < -0.4 is 0 Å². The highest BCUT2D eigenvalue weighted by atomic mass is 14.4. The van der Waals surface area contributed by atoms with Crippen molar-refractivity contribution in [3.8, 4) is 0 Å². The van der Waals surface area contributed by atoms with E-state index < -0.39 is 0 Å². The molecule has 0 amide bonds. The Balaban J connectivity index is 2.42. The summed E-state index contributed by atoms with van der Waals surface area (Å²) < 4.78 is 0. The van der Waals surface area contributed by atoms with E-state index in [0.29, 0.717) is 5.41 Å². The number of hydrogen-bond acceptors (Lipinski definition) is 0. The van der Waals surface area contributed by atoms with Crippen LogP contribution in [0.4, 0.5) is 0 Å². The van der Waals surface area contributed by atoms with Crippen molar-refractivity contribution < 1.29 is 0 Å². The molecule has 0 heteroatoms. The van der Waals surface area contributed by atoms with Crippen molar-refractivity contribution in [3.63, 3.8) is 0 Å². The Morgan fingerprint density at radius 3 is 2.83 bits per heavy atom. The Hall–Kier alpha value is -0.260. The van der Waals surface area contributed by atoms with Crippen LogP contribution in [0.2, 0.25) is 0 Å². The summed E-state index contributed by atoms with van der Waals surface area (Å²) in [5.41, 5.74) is 0.666. The molecule has 1 aliphatic rings. The van der Waals surface area contributed by atoms with Gasteiger partial charge in [-0.1, -0.05) is 32.4 Å². The molecule has 0 aliphatic heterocycles. The Kier molecular flexibility index (Phi) is 3.37. The first-order valence-electron chi connectivity index (χ1n) is 5.33. The summed E-state index contributed by atoms with van der Waals surface area (Å²) in [6, 6.07) is 0. The Morgan fingerprint density at radius 1 is 1.50 bits per heavy atom. The van der Waals surface area contributed by atoms with Crippen molar-refractivity contribution in [2.75, 3.05) is 0 Å². The molecule has 0 heterocycles. The molecule has 0 aromatic heterocycles. The van der Waals surface area contributed by atoms with Crippen LogP contribution in [0.15, 0.2) is 12.2 Å². The van der Waals surface area contributed by atoms with Gasteiger partial charge in [0.05, 0.1) is 0 Å². The minimum absolute atomic E-state index is 0.666. The average Bonchev–Trinajstić information content (AvgIpc) is 2.34. The third-order valence-corrected chi connectivity index (χ3v) is 3.19. The molecule has 0 N–H and O–H groups in total. The monoisotopic (exact) mass is 166 g/mol. The fourth-order valence-corrected chi connectivity index (χ4v) is 2.64. The second-order valence-corrected chi connectivity index (χ2v) is 4.59. The van der Waals surface area contributed by atoms with E-state index in [0.717, 1.165) is 5.92 Å². The first-order chi connectivity index (χ1) is 5.70. The molecule has 1 saturated carbocycles. The van der Waals surface area contributed by atoms with Crippen LogP contribution in [-0.4, -0.2) is 0 Å². The first-order valence-corrected chi connectivity index (χ1v) is 5.33. The van der Waals surface area contributed by atoms with E-state index in [1.807, 2.05) is 0 Å². The summed E-state index contributed by atoms with van der Waals surface area (Å²) in [4.78, 5) is 0. The van der Waals surface area contributed by atoms with Gasteiger partial charge in [-0.3, -0.25) is 0 Å². The third-order valence-electron chi connectivity index (χ3n) is 3.19. The quantitative estimate of drug-likeness (QED) is 0.552. The zero-order valence-electron chi connectivity index (χ0n) is 8.77. The lowest BCUT2D eigenvalue weighted by atomic mass is 9.83. The largest absolute Gasteiger partial charge is 0.0914 e. The van der Waals surface area contributed by atoms with Crippen molar-refractivity contribution in [3.05, 3.63) is 12.2 Å². The number of rotatable bonds is 3. The van der Waals surface area contributed by atoms with Gasteiger partial charge in [0, 0.05) is 0 Å². The molecule has 2 atom stereocenters. The number of allylic oxidation sites excluding steroid dienone is 2. The van der Waals surface area contributed by atoms with Gasteiger partial charge in [0.1, 0.15) is 0 Å². The van der Waals surface area contributed by atoms with Crippen molar-refractivity contribution in [1.82, 2.24) is 0 Å². The maximum Gasteiger partial charge on any atom is -0.0228 e. The molecular weight excluding hydrogens is 144 g/mol. The smallest absolute Gasteiger partial charge is 0.0228 e. The second kappa shape index (κ2) is 4.11. The van der Waals surface area contributed by atoms with Crippen LogP contribution >= 0.6 is 0 Å². The molecule has 70 valence electrons. The van der Waals surface area contributed by atoms with E-state index >= 15 is 0 Å². The minimum Gasteiger partial charge on any atom is -0.0914 e. The molecule has 1 aliphatic carbocycles. The van der Waals surface area contributed by atoms with Gasteiger partial charge in [-0.15, -0.1) is 0 Å². The van der Waals surface area contributed by atoms with Crippen LogP contribution in [0.5, 0.6) is 0 Å². The zero-order valence-corrected chi connectivity index (χ0v) is 8.77. The van der Waals surface area contributed by atoms with E-state index in [-0.39, 0.29) is 0 Å². The lowest BCUT2D eigenvalue weighted by Gasteiger charge is -2.22. The normalized spacial score (nSPS) is 36.4. The summed E-state index contributed by atoms with van der Waals surface area (Å²) in [7, 11) is 0. The van der Waals surface area contributed by atoms with Gasteiger partial charge in [-0.25, -0.2) is 0 Å². The lowest BCUT2D eigenvalue weighted by Crippen LogP contribution is -2.10. The molecule has 2 unspecified atom stereocenters. The topological polar surface area (TPSA) is 0 Å². The summed E-state index contributed by atoms with van der Waals surface area (Å²) in [5.74, 6) is 0.881. The molecule has 0 nitrogen and oxygen atoms in total. The van der Waals surface area contributed by atoms with Gasteiger partial charge in [0.2, 0.25) is 0 Å². The van der Waals surface area contributed by atoms with Gasteiger partial charge in [0.25, 0.3) is 0 Å². The van der Waals surface area contributed by atoms with E-state index in [2.05, 4.69) is 32.9 Å². The first kappa shape index (κ1) is 9.83.